The molecule has 0 unspecified atom stereocenters. The van der Waals surface area contributed by atoms with Crippen LogP contribution in [0.5, 0.6) is 0 Å². The summed E-state index contributed by atoms with van der Waals surface area (Å²) >= 11 is 6.36. The Balaban J connectivity index is 1.82. The topological polar surface area (TPSA) is 12.0 Å². The van der Waals surface area contributed by atoms with Crippen molar-refractivity contribution in [3.05, 3.63) is 34.3 Å². The second-order valence-corrected chi connectivity index (χ2v) is 6.23. The zero-order valence-electron chi connectivity index (χ0n) is 9.94. The summed E-state index contributed by atoms with van der Waals surface area (Å²) in [5.41, 5.74) is 3.67. The summed E-state index contributed by atoms with van der Waals surface area (Å²) in [4.78, 5) is 0. The molecule has 3 saturated carbocycles. The molecule has 0 aromatic heterocycles. The predicted octanol–water partition coefficient (Wildman–Crippen LogP) is 3.29. The lowest BCUT2D eigenvalue weighted by molar-refractivity contribution is -0.136. The molecule has 86 valence electrons. The number of nitrogens with one attached hydrogen (secondary N) is 1. The Morgan fingerprint density at radius 1 is 1.31 bits per heavy atom. The molecule has 0 heterocycles. The first-order chi connectivity index (χ1) is 7.59. The van der Waals surface area contributed by atoms with Gasteiger partial charge >= 0.3 is 0 Å². The van der Waals surface area contributed by atoms with Crippen LogP contribution in [0.1, 0.15) is 30.4 Å². The van der Waals surface area contributed by atoms with Crippen molar-refractivity contribution in [2.24, 2.45) is 5.41 Å². The van der Waals surface area contributed by atoms with Gasteiger partial charge in [-0.2, -0.15) is 0 Å². The van der Waals surface area contributed by atoms with E-state index in [1.165, 1.54) is 30.4 Å². The Labute approximate surface area is 102 Å². The zero-order valence-corrected chi connectivity index (χ0v) is 10.7. The van der Waals surface area contributed by atoms with Crippen molar-refractivity contribution in [2.45, 2.75) is 31.6 Å². The van der Waals surface area contributed by atoms with Crippen LogP contribution in [0, 0.1) is 12.3 Å². The number of benzene rings is 1. The highest BCUT2D eigenvalue weighted by Gasteiger charge is 2.67. The zero-order chi connectivity index (χ0) is 11.4. The monoisotopic (exact) mass is 235 g/mol. The second kappa shape index (κ2) is 3.24. The van der Waals surface area contributed by atoms with E-state index in [2.05, 4.69) is 30.4 Å². The van der Waals surface area contributed by atoms with Gasteiger partial charge in [-0.25, -0.2) is 0 Å². The molecular weight excluding hydrogens is 218 g/mol. The Morgan fingerprint density at radius 2 is 2.00 bits per heavy atom. The summed E-state index contributed by atoms with van der Waals surface area (Å²) in [6, 6.07) is 6.52. The molecule has 16 heavy (non-hydrogen) atoms. The van der Waals surface area contributed by atoms with Crippen LogP contribution in [-0.4, -0.2) is 13.6 Å². The molecule has 0 amide bonds. The molecule has 0 aliphatic heterocycles. The molecule has 1 N–H and O–H groups in total. The van der Waals surface area contributed by atoms with Gasteiger partial charge in [0.15, 0.2) is 0 Å². The minimum Gasteiger partial charge on any atom is -0.319 e. The lowest BCUT2D eigenvalue weighted by Gasteiger charge is -2.71. The average Bonchev–Trinajstić information content (AvgIpc) is 2.10. The van der Waals surface area contributed by atoms with Gasteiger partial charge in [-0.1, -0.05) is 23.7 Å². The molecule has 0 spiro atoms. The fourth-order valence-electron chi connectivity index (χ4n) is 3.90. The molecule has 1 aromatic rings. The highest BCUT2D eigenvalue weighted by molar-refractivity contribution is 6.31. The minimum absolute atomic E-state index is 0.432. The van der Waals surface area contributed by atoms with Gasteiger partial charge in [-0.05, 0) is 61.3 Å². The van der Waals surface area contributed by atoms with Crippen LogP contribution in [0.3, 0.4) is 0 Å². The van der Waals surface area contributed by atoms with Crippen LogP contribution in [0.25, 0.3) is 0 Å². The van der Waals surface area contributed by atoms with Crippen molar-refractivity contribution < 1.29 is 0 Å². The molecule has 2 heteroatoms. The maximum Gasteiger partial charge on any atom is 0.0446 e. The normalized spacial score (nSPS) is 35.4. The molecule has 0 saturated heterocycles. The van der Waals surface area contributed by atoms with Crippen molar-refractivity contribution in [3.8, 4) is 0 Å². The maximum atomic E-state index is 6.36. The summed E-state index contributed by atoms with van der Waals surface area (Å²) in [5, 5.41) is 4.28. The Morgan fingerprint density at radius 3 is 2.56 bits per heavy atom. The number of aryl methyl sites for hydroxylation is 1. The third kappa shape index (κ3) is 1.28. The SMILES string of the molecule is CNCC12CC(c3ccc(C)cc3Cl)(C1)C2. The molecule has 3 aliphatic carbocycles. The fourth-order valence-corrected chi connectivity index (χ4v) is 4.33. The molecule has 2 bridgehead atoms. The van der Waals surface area contributed by atoms with E-state index in [-0.39, 0.29) is 0 Å². The highest BCUT2D eigenvalue weighted by Crippen LogP contribution is 2.73. The molecule has 0 atom stereocenters. The van der Waals surface area contributed by atoms with Gasteiger partial charge in [0.2, 0.25) is 0 Å². The van der Waals surface area contributed by atoms with Crippen LogP contribution < -0.4 is 5.32 Å². The standard InChI is InChI=1S/C14H18ClN/c1-10-3-4-11(12(15)5-10)14-6-13(7-14,8-14)9-16-2/h3-5,16H,6-9H2,1-2H3. The van der Waals surface area contributed by atoms with Crippen molar-refractivity contribution in [1.29, 1.82) is 0 Å². The smallest absolute Gasteiger partial charge is 0.0446 e. The van der Waals surface area contributed by atoms with Crippen LogP contribution in [0.4, 0.5) is 0 Å². The molecule has 1 aromatic carbocycles. The molecule has 1 nitrogen and oxygen atoms in total. The Kier molecular flexibility index (Phi) is 2.15. The number of halogens is 1. The van der Waals surface area contributed by atoms with Gasteiger partial charge in [-0.15, -0.1) is 0 Å². The maximum absolute atomic E-state index is 6.36. The number of hydrogen-bond acceptors (Lipinski definition) is 1. The average molecular weight is 236 g/mol. The van der Waals surface area contributed by atoms with Crippen LogP contribution in [0.15, 0.2) is 18.2 Å². The summed E-state index contributed by atoms with van der Waals surface area (Å²) in [7, 11) is 2.05. The quantitative estimate of drug-likeness (QED) is 0.848. The van der Waals surface area contributed by atoms with E-state index < -0.39 is 0 Å². The van der Waals surface area contributed by atoms with E-state index in [1.807, 2.05) is 7.05 Å². The van der Waals surface area contributed by atoms with Crippen molar-refractivity contribution in [3.63, 3.8) is 0 Å². The van der Waals surface area contributed by atoms with E-state index in [0.717, 1.165) is 11.6 Å². The summed E-state index contributed by atoms with van der Waals surface area (Å²) in [6.07, 6.45) is 3.97. The largest absolute Gasteiger partial charge is 0.319 e. The molecule has 0 radical (unpaired) electrons. The molecule has 3 fully saturated rings. The van der Waals surface area contributed by atoms with Gasteiger partial charge in [-0.3, -0.25) is 0 Å². The second-order valence-electron chi connectivity index (χ2n) is 5.82. The first-order valence-electron chi connectivity index (χ1n) is 6.01. The van der Waals surface area contributed by atoms with E-state index in [0.29, 0.717) is 10.8 Å². The third-order valence-corrected chi connectivity index (χ3v) is 4.70. The van der Waals surface area contributed by atoms with Crippen LogP contribution in [0.2, 0.25) is 5.02 Å². The van der Waals surface area contributed by atoms with Gasteiger partial charge in [0.05, 0.1) is 0 Å². The first-order valence-corrected chi connectivity index (χ1v) is 6.38. The highest BCUT2D eigenvalue weighted by atomic mass is 35.5. The Hall–Kier alpha value is -0.530. The van der Waals surface area contributed by atoms with E-state index >= 15 is 0 Å². The molecule has 4 rings (SSSR count). The summed E-state index contributed by atoms with van der Waals surface area (Å²) in [5.74, 6) is 0. The van der Waals surface area contributed by atoms with Crippen molar-refractivity contribution >= 4 is 11.6 Å². The fraction of sp³-hybridized carbons (Fsp3) is 0.571. The lowest BCUT2D eigenvalue weighted by atomic mass is 9.33. The predicted molar refractivity (Wildman–Crippen MR) is 68.1 cm³/mol. The molecule has 3 aliphatic rings. The summed E-state index contributed by atoms with van der Waals surface area (Å²) in [6.45, 7) is 3.26. The van der Waals surface area contributed by atoms with Gasteiger partial charge in [0.25, 0.3) is 0 Å². The van der Waals surface area contributed by atoms with Crippen LogP contribution >= 0.6 is 11.6 Å². The van der Waals surface area contributed by atoms with Crippen LogP contribution in [-0.2, 0) is 5.41 Å². The lowest BCUT2D eigenvalue weighted by Crippen LogP contribution is -2.67. The van der Waals surface area contributed by atoms with Crippen molar-refractivity contribution in [2.75, 3.05) is 13.6 Å². The van der Waals surface area contributed by atoms with Gasteiger partial charge < -0.3 is 5.32 Å². The van der Waals surface area contributed by atoms with E-state index in [9.17, 15) is 0 Å². The molecular formula is C14H18ClN. The van der Waals surface area contributed by atoms with Gasteiger partial charge in [0, 0.05) is 11.6 Å². The van der Waals surface area contributed by atoms with E-state index in [4.69, 9.17) is 11.6 Å². The third-order valence-electron chi connectivity index (χ3n) is 4.39. The van der Waals surface area contributed by atoms with Gasteiger partial charge in [0.1, 0.15) is 0 Å². The Bertz CT molecular complexity index is 419. The minimum atomic E-state index is 0.432. The van der Waals surface area contributed by atoms with E-state index in [1.54, 1.807) is 0 Å². The van der Waals surface area contributed by atoms with Crippen molar-refractivity contribution in [1.82, 2.24) is 5.32 Å². The summed E-state index contributed by atoms with van der Waals surface area (Å²) < 4.78 is 0. The number of rotatable bonds is 3. The first kappa shape index (κ1) is 10.6. The number of hydrogen-bond donors (Lipinski definition) is 1.